The van der Waals surface area contributed by atoms with Gasteiger partial charge in [-0.1, -0.05) is 11.3 Å². The standard InChI is InChI=1S/C7H11N5O3S2/c8-6-10-11-7(16-6)17(14,15)12-3-1-5(13)9-2-4-12/h1-4H2,(H2,8,10)(H,9,13). The molecular weight excluding hydrogens is 266 g/mol. The van der Waals surface area contributed by atoms with Crippen molar-refractivity contribution in [3.05, 3.63) is 0 Å². The molecule has 8 nitrogen and oxygen atoms in total. The molecule has 0 unspecified atom stereocenters. The van der Waals surface area contributed by atoms with Crippen molar-refractivity contribution in [2.45, 2.75) is 10.8 Å². The van der Waals surface area contributed by atoms with Crippen LogP contribution in [0.15, 0.2) is 4.34 Å². The van der Waals surface area contributed by atoms with Gasteiger partial charge in [-0.05, 0) is 0 Å². The highest BCUT2D eigenvalue weighted by atomic mass is 32.2. The number of hydrogen-bond acceptors (Lipinski definition) is 7. The molecule has 0 aliphatic carbocycles. The molecule has 0 aromatic carbocycles. The number of hydrogen-bond donors (Lipinski definition) is 2. The van der Waals surface area contributed by atoms with Gasteiger partial charge in [0.15, 0.2) is 0 Å². The maximum absolute atomic E-state index is 12.1. The van der Waals surface area contributed by atoms with Crippen LogP contribution in [0.3, 0.4) is 0 Å². The summed E-state index contributed by atoms with van der Waals surface area (Å²) in [5, 5.41) is 9.70. The Morgan fingerprint density at radius 2 is 2.12 bits per heavy atom. The minimum absolute atomic E-state index is 0.104. The number of carbonyl (C=O) groups is 1. The lowest BCUT2D eigenvalue weighted by molar-refractivity contribution is -0.120. The fourth-order valence-electron chi connectivity index (χ4n) is 1.42. The van der Waals surface area contributed by atoms with Crippen LogP contribution in [-0.2, 0) is 14.8 Å². The molecule has 1 aromatic heterocycles. The first-order chi connectivity index (χ1) is 8.00. The van der Waals surface area contributed by atoms with Crippen LogP contribution in [0, 0.1) is 0 Å². The van der Waals surface area contributed by atoms with E-state index in [2.05, 4.69) is 15.5 Å². The molecule has 10 heteroatoms. The van der Waals surface area contributed by atoms with E-state index in [1.807, 2.05) is 0 Å². The monoisotopic (exact) mass is 277 g/mol. The van der Waals surface area contributed by atoms with Gasteiger partial charge in [0.05, 0.1) is 0 Å². The predicted molar refractivity (Wildman–Crippen MR) is 60.7 cm³/mol. The number of sulfonamides is 1. The summed E-state index contributed by atoms with van der Waals surface area (Å²) in [7, 11) is -3.68. The second-order valence-corrected chi connectivity index (χ2v) is 6.53. The van der Waals surface area contributed by atoms with E-state index >= 15 is 0 Å². The van der Waals surface area contributed by atoms with Crippen LogP contribution in [0.1, 0.15) is 6.42 Å². The van der Waals surface area contributed by atoms with Crippen molar-refractivity contribution in [1.29, 1.82) is 0 Å². The lowest BCUT2D eigenvalue weighted by atomic mass is 10.4. The smallest absolute Gasteiger partial charge is 0.272 e. The largest absolute Gasteiger partial charge is 0.374 e. The quantitative estimate of drug-likeness (QED) is 0.688. The zero-order valence-electron chi connectivity index (χ0n) is 8.79. The second-order valence-electron chi connectivity index (χ2n) is 3.41. The van der Waals surface area contributed by atoms with Gasteiger partial charge in [0.1, 0.15) is 0 Å². The Kier molecular flexibility index (Phi) is 3.26. The predicted octanol–water partition coefficient (Wildman–Crippen LogP) is -1.37. The van der Waals surface area contributed by atoms with Crippen molar-refractivity contribution in [3.8, 4) is 0 Å². The van der Waals surface area contributed by atoms with E-state index in [-0.39, 0.29) is 34.9 Å². The molecule has 2 rings (SSSR count). The van der Waals surface area contributed by atoms with Crippen molar-refractivity contribution in [2.75, 3.05) is 25.4 Å². The van der Waals surface area contributed by atoms with E-state index in [0.29, 0.717) is 6.54 Å². The number of anilines is 1. The Morgan fingerprint density at radius 1 is 1.35 bits per heavy atom. The molecule has 1 fully saturated rings. The molecule has 1 saturated heterocycles. The van der Waals surface area contributed by atoms with Crippen LogP contribution in [0.4, 0.5) is 5.13 Å². The third kappa shape index (κ3) is 2.53. The van der Waals surface area contributed by atoms with Crippen molar-refractivity contribution in [3.63, 3.8) is 0 Å². The zero-order chi connectivity index (χ0) is 12.5. The average molecular weight is 277 g/mol. The Hall–Kier alpha value is -1.26. The van der Waals surface area contributed by atoms with Crippen LogP contribution in [0.5, 0.6) is 0 Å². The molecule has 1 aromatic rings. The van der Waals surface area contributed by atoms with Crippen molar-refractivity contribution >= 4 is 32.4 Å². The van der Waals surface area contributed by atoms with E-state index in [4.69, 9.17) is 5.73 Å². The lowest BCUT2D eigenvalue weighted by Gasteiger charge is -2.16. The molecule has 2 heterocycles. The third-order valence-corrected chi connectivity index (χ3v) is 5.25. The number of carbonyl (C=O) groups excluding carboxylic acids is 1. The zero-order valence-corrected chi connectivity index (χ0v) is 10.4. The maximum Gasteiger partial charge on any atom is 0.272 e. The van der Waals surface area contributed by atoms with Crippen LogP contribution < -0.4 is 11.1 Å². The lowest BCUT2D eigenvalue weighted by Crippen LogP contribution is -2.34. The summed E-state index contributed by atoms with van der Waals surface area (Å²) in [4.78, 5) is 11.1. The summed E-state index contributed by atoms with van der Waals surface area (Å²) in [5.41, 5.74) is 5.35. The first-order valence-electron chi connectivity index (χ1n) is 4.86. The summed E-state index contributed by atoms with van der Waals surface area (Å²) >= 11 is 0.817. The van der Waals surface area contributed by atoms with E-state index in [1.54, 1.807) is 0 Å². The van der Waals surface area contributed by atoms with E-state index < -0.39 is 10.0 Å². The number of amides is 1. The molecule has 17 heavy (non-hydrogen) atoms. The Labute approximate surface area is 102 Å². The average Bonchev–Trinajstić information content (AvgIpc) is 2.58. The molecule has 0 bridgehead atoms. The minimum Gasteiger partial charge on any atom is -0.374 e. The number of nitrogens with one attached hydrogen (secondary N) is 1. The van der Waals surface area contributed by atoms with Gasteiger partial charge >= 0.3 is 0 Å². The van der Waals surface area contributed by atoms with Gasteiger partial charge in [-0.15, -0.1) is 10.2 Å². The van der Waals surface area contributed by atoms with Gasteiger partial charge in [0, 0.05) is 26.1 Å². The normalized spacial score (nSPS) is 18.7. The molecule has 3 N–H and O–H groups in total. The van der Waals surface area contributed by atoms with Crippen LogP contribution in [0.25, 0.3) is 0 Å². The summed E-state index contributed by atoms with van der Waals surface area (Å²) in [6, 6.07) is 0. The summed E-state index contributed by atoms with van der Waals surface area (Å²) < 4.78 is 25.3. The van der Waals surface area contributed by atoms with Crippen LogP contribution >= 0.6 is 11.3 Å². The molecule has 1 aliphatic heterocycles. The van der Waals surface area contributed by atoms with Crippen molar-refractivity contribution in [1.82, 2.24) is 19.8 Å². The first kappa shape index (κ1) is 12.2. The molecule has 0 spiro atoms. The summed E-state index contributed by atoms with van der Waals surface area (Å²) in [6.07, 6.45) is 0.146. The van der Waals surface area contributed by atoms with Crippen LogP contribution in [-0.4, -0.2) is 48.5 Å². The summed E-state index contributed by atoms with van der Waals surface area (Å²) in [6.45, 7) is 0.674. The van der Waals surface area contributed by atoms with Crippen molar-refractivity contribution in [2.24, 2.45) is 0 Å². The van der Waals surface area contributed by atoms with E-state index in [0.717, 1.165) is 11.3 Å². The minimum atomic E-state index is -3.68. The highest BCUT2D eigenvalue weighted by Crippen LogP contribution is 2.21. The SMILES string of the molecule is Nc1nnc(S(=O)(=O)N2CCNC(=O)CC2)s1. The van der Waals surface area contributed by atoms with Gasteiger partial charge in [-0.3, -0.25) is 4.79 Å². The molecule has 1 aliphatic rings. The van der Waals surface area contributed by atoms with Gasteiger partial charge in [-0.25, -0.2) is 8.42 Å². The molecule has 94 valence electrons. The maximum atomic E-state index is 12.1. The van der Waals surface area contributed by atoms with E-state index in [1.165, 1.54) is 4.31 Å². The topological polar surface area (TPSA) is 118 Å². The first-order valence-corrected chi connectivity index (χ1v) is 7.11. The summed E-state index contributed by atoms with van der Waals surface area (Å²) in [5.74, 6) is -0.153. The number of nitrogens with two attached hydrogens (primary N) is 1. The second kappa shape index (κ2) is 4.55. The van der Waals surface area contributed by atoms with Gasteiger partial charge in [-0.2, -0.15) is 4.31 Å². The number of aromatic nitrogens is 2. The van der Waals surface area contributed by atoms with Gasteiger partial charge in [0.25, 0.3) is 10.0 Å². The van der Waals surface area contributed by atoms with Crippen LogP contribution in [0.2, 0.25) is 0 Å². The highest BCUT2D eigenvalue weighted by Gasteiger charge is 2.29. The molecule has 0 radical (unpaired) electrons. The Balaban J connectivity index is 2.23. The number of nitrogens with zero attached hydrogens (tertiary/aromatic N) is 3. The number of nitrogen functional groups attached to an aromatic ring is 1. The van der Waals surface area contributed by atoms with E-state index in [9.17, 15) is 13.2 Å². The molecular formula is C7H11N5O3S2. The molecule has 1 amide bonds. The fourth-order valence-corrected chi connectivity index (χ4v) is 3.79. The van der Waals surface area contributed by atoms with Gasteiger partial charge in [0.2, 0.25) is 15.4 Å². The fraction of sp³-hybridized carbons (Fsp3) is 0.571. The molecule has 0 saturated carbocycles. The third-order valence-electron chi connectivity index (χ3n) is 2.25. The molecule has 0 atom stereocenters. The van der Waals surface area contributed by atoms with Crippen molar-refractivity contribution < 1.29 is 13.2 Å². The Morgan fingerprint density at radius 3 is 2.76 bits per heavy atom. The van der Waals surface area contributed by atoms with Gasteiger partial charge < -0.3 is 11.1 Å². The number of rotatable bonds is 2. The highest BCUT2D eigenvalue weighted by molar-refractivity contribution is 7.91. The Bertz CT molecular complexity index is 525.